The van der Waals surface area contributed by atoms with E-state index in [1.165, 1.54) is 18.7 Å². The molecular weight excluding hydrogens is 446 g/mol. The molecule has 0 aliphatic rings. The van der Waals surface area contributed by atoms with Crippen molar-refractivity contribution in [3.63, 3.8) is 0 Å². The van der Waals surface area contributed by atoms with Crippen molar-refractivity contribution < 1.29 is 9.59 Å². The molecule has 1 N–H and O–H groups in total. The number of hydrogen-bond acceptors (Lipinski definition) is 6. The zero-order chi connectivity index (χ0) is 23.5. The molecule has 7 nitrogen and oxygen atoms in total. The number of nitrogens with one attached hydrogen (secondary N) is 1. The van der Waals surface area contributed by atoms with Crippen LogP contribution in [0.25, 0.3) is 22.1 Å². The quantitative estimate of drug-likeness (QED) is 0.269. The van der Waals surface area contributed by atoms with Crippen molar-refractivity contribution in [1.82, 2.24) is 19.7 Å². The molecule has 0 saturated heterocycles. The van der Waals surface area contributed by atoms with E-state index in [0.717, 1.165) is 27.6 Å². The average molecular weight is 468 g/mol. The smallest absolute Gasteiger partial charge is 0.221 e. The summed E-state index contributed by atoms with van der Waals surface area (Å²) in [6, 6.07) is 25.1. The summed E-state index contributed by atoms with van der Waals surface area (Å²) in [6.07, 6.45) is 0. The molecule has 8 heteroatoms. The normalized spacial score (nSPS) is 11.1. The van der Waals surface area contributed by atoms with Gasteiger partial charge in [-0.2, -0.15) is 0 Å². The lowest BCUT2D eigenvalue weighted by Crippen LogP contribution is -2.07. The number of fused-ring (bicyclic) bond motifs is 3. The van der Waals surface area contributed by atoms with E-state index in [1.54, 1.807) is 24.3 Å². The highest BCUT2D eigenvalue weighted by Crippen LogP contribution is 2.28. The molecule has 168 valence electrons. The molecule has 34 heavy (non-hydrogen) atoms. The second-order valence-corrected chi connectivity index (χ2v) is 8.77. The Morgan fingerprint density at radius 1 is 0.912 bits per heavy atom. The number of amides is 1. The summed E-state index contributed by atoms with van der Waals surface area (Å²) >= 11 is 1.26. The van der Waals surface area contributed by atoms with Gasteiger partial charge in [0.2, 0.25) is 11.1 Å². The van der Waals surface area contributed by atoms with Crippen molar-refractivity contribution in [1.29, 1.82) is 0 Å². The lowest BCUT2D eigenvalue weighted by molar-refractivity contribution is -0.114. The molecule has 1 amide bonds. The number of carbonyl (C=O) groups is 2. The van der Waals surface area contributed by atoms with Crippen LogP contribution in [0.5, 0.6) is 0 Å². The number of nitrogens with zero attached hydrogens (tertiary/aromatic N) is 4. The molecule has 5 rings (SSSR count). The standard InChI is InChI=1S/C26H21N5O2S/c1-17(32)27-20-13-11-19(12-14-20)23(33)16-34-26-28-25-24(29-30-26)21-9-5-6-10-22(21)31(25)15-18-7-3-2-4-8-18/h2-14H,15-16H2,1H3,(H,27,32). The Morgan fingerprint density at radius 3 is 2.41 bits per heavy atom. The number of hydrogen-bond donors (Lipinski definition) is 1. The van der Waals surface area contributed by atoms with Crippen molar-refractivity contribution in [2.75, 3.05) is 11.1 Å². The van der Waals surface area contributed by atoms with Crippen LogP contribution in [0.15, 0.2) is 84.0 Å². The first kappa shape index (κ1) is 21.8. The van der Waals surface area contributed by atoms with E-state index in [0.29, 0.717) is 23.0 Å². The fourth-order valence-electron chi connectivity index (χ4n) is 3.83. The van der Waals surface area contributed by atoms with E-state index >= 15 is 0 Å². The number of rotatable bonds is 7. The minimum absolute atomic E-state index is 0.0482. The first-order chi connectivity index (χ1) is 16.6. The number of thioether (sulfide) groups is 1. The summed E-state index contributed by atoms with van der Waals surface area (Å²) in [5, 5.41) is 12.9. The molecule has 0 fully saturated rings. The average Bonchev–Trinajstić information content (AvgIpc) is 3.16. The number of benzene rings is 3. The van der Waals surface area contributed by atoms with E-state index in [4.69, 9.17) is 4.98 Å². The van der Waals surface area contributed by atoms with E-state index < -0.39 is 0 Å². The fourth-order valence-corrected chi connectivity index (χ4v) is 4.51. The van der Waals surface area contributed by atoms with Crippen LogP contribution in [0.3, 0.4) is 0 Å². The van der Waals surface area contributed by atoms with E-state index in [-0.39, 0.29) is 17.4 Å². The molecule has 0 atom stereocenters. The van der Waals surface area contributed by atoms with Crippen LogP contribution < -0.4 is 5.32 Å². The summed E-state index contributed by atoms with van der Waals surface area (Å²) in [4.78, 5) is 28.6. The zero-order valence-electron chi connectivity index (χ0n) is 18.4. The van der Waals surface area contributed by atoms with E-state index in [1.807, 2.05) is 36.4 Å². The van der Waals surface area contributed by atoms with E-state index in [9.17, 15) is 9.59 Å². The molecule has 0 aliphatic heterocycles. The Balaban J connectivity index is 1.40. The van der Waals surface area contributed by atoms with Gasteiger partial charge in [-0.1, -0.05) is 60.3 Å². The van der Waals surface area contributed by atoms with Gasteiger partial charge in [0, 0.05) is 30.1 Å². The van der Waals surface area contributed by atoms with Gasteiger partial charge in [-0.05, 0) is 35.9 Å². The molecule has 2 aromatic heterocycles. The minimum atomic E-state index is -0.153. The molecule has 5 aromatic rings. The SMILES string of the molecule is CC(=O)Nc1ccc(C(=O)CSc2nnc3c4ccccc4n(Cc4ccccc4)c3n2)cc1. The number of Topliss-reactive ketones (excluding diaryl/α,β-unsaturated/α-hetero) is 1. The topological polar surface area (TPSA) is 89.8 Å². The number of aromatic nitrogens is 4. The van der Waals surface area contributed by atoms with Crippen LogP contribution in [0, 0.1) is 0 Å². The van der Waals surface area contributed by atoms with Crippen molar-refractivity contribution in [3.8, 4) is 0 Å². The highest BCUT2D eigenvalue weighted by atomic mass is 32.2. The maximum absolute atomic E-state index is 12.7. The van der Waals surface area contributed by atoms with Crippen LogP contribution in [0.1, 0.15) is 22.8 Å². The first-order valence-corrected chi connectivity index (χ1v) is 11.8. The van der Waals surface area contributed by atoms with Gasteiger partial charge in [0.05, 0.1) is 11.3 Å². The monoisotopic (exact) mass is 467 g/mol. The van der Waals surface area contributed by atoms with Crippen LogP contribution >= 0.6 is 11.8 Å². The van der Waals surface area contributed by atoms with Gasteiger partial charge in [-0.25, -0.2) is 4.98 Å². The molecule has 0 bridgehead atoms. The number of anilines is 1. The van der Waals surface area contributed by atoms with Crippen LogP contribution in [0.2, 0.25) is 0 Å². The summed E-state index contributed by atoms with van der Waals surface area (Å²) in [7, 11) is 0. The van der Waals surface area contributed by atoms with E-state index in [2.05, 4.69) is 38.3 Å². The summed E-state index contributed by atoms with van der Waals surface area (Å²) < 4.78 is 2.14. The molecule has 0 unspecified atom stereocenters. The highest BCUT2D eigenvalue weighted by molar-refractivity contribution is 7.99. The predicted molar refractivity (Wildman–Crippen MR) is 134 cm³/mol. The highest BCUT2D eigenvalue weighted by Gasteiger charge is 2.16. The molecule has 0 spiro atoms. The van der Waals surface area contributed by atoms with Crippen molar-refractivity contribution in [3.05, 3.63) is 90.0 Å². The molecule has 3 aromatic carbocycles. The third-order valence-corrected chi connectivity index (χ3v) is 6.24. The maximum atomic E-state index is 12.7. The van der Waals surface area contributed by atoms with Crippen molar-refractivity contribution >= 4 is 51.2 Å². The molecule has 0 aliphatic carbocycles. The van der Waals surface area contributed by atoms with Crippen LogP contribution in [0.4, 0.5) is 5.69 Å². The van der Waals surface area contributed by atoms with Gasteiger partial charge in [-0.15, -0.1) is 10.2 Å². The Kier molecular flexibility index (Phi) is 6.05. The third kappa shape index (κ3) is 4.53. The van der Waals surface area contributed by atoms with Gasteiger partial charge in [-0.3, -0.25) is 9.59 Å². The number of ketones is 1. The zero-order valence-corrected chi connectivity index (χ0v) is 19.2. The number of para-hydroxylation sites is 1. The Labute approximate surface area is 200 Å². The van der Waals surface area contributed by atoms with Crippen LogP contribution in [-0.2, 0) is 11.3 Å². The van der Waals surface area contributed by atoms with Gasteiger partial charge in [0.15, 0.2) is 11.4 Å². The maximum Gasteiger partial charge on any atom is 0.221 e. The molecule has 0 radical (unpaired) electrons. The third-order valence-electron chi connectivity index (χ3n) is 5.40. The summed E-state index contributed by atoms with van der Waals surface area (Å²) in [5.74, 6) is -0.0155. The minimum Gasteiger partial charge on any atom is -0.326 e. The van der Waals surface area contributed by atoms with Crippen molar-refractivity contribution in [2.24, 2.45) is 0 Å². The van der Waals surface area contributed by atoms with Gasteiger partial charge in [0.25, 0.3) is 0 Å². The van der Waals surface area contributed by atoms with Crippen molar-refractivity contribution in [2.45, 2.75) is 18.6 Å². The predicted octanol–water partition coefficient (Wildman–Crippen LogP) is 4.96. The second-order valence-electron chi connectivity index (χ2n) is 7.83. The van der Waals surface area contributed by atoms with Crippen LogP contribution in [-0.4, -0.2) is 37.2 Å². The lowest BCUT2D eigenvalue weighted by Gasteiger charge is -2.07. The Hall–Kier alpha value is -4.04. The summed E-state index contributed by atoms with van der Waals surface area (Å²) in [5.41, 5.74) is 4.91. The first-order valence-electron chi connectivity index (χ1n) is 10.8. The molecule has 2 heterocycles. The Morgan fingerprint density at radius 2 is 1.65 bits per heavy atom. The van der Waals surface area contributed by atoms with Gasteiger partial charge < -0.3 is 9.88 Å². The lowest BCUT2D eigenvalue weighted by atomic mass is 10.1. The number of carbonyl (C=O) groups excluding carboxylic acids is 2. The van der Waals surface area contributed by atoms with Gasteiger partial charge >= 0.3 is 0 Å². The van der Waals surface area contributed by atoms with Gasteiger partial charge in [0.1, 0.15) is 5.52 Å². The molecular formula is C26H21N5O2S. The summed E-state index contributed by atoms with van der Waals surface area (Å²) in [6.45, 7) is 2.10. The fraction of sp³-hybridized carbons (Fsp3) is 0.115. The largest absolute Gasteiger partial charge is 0.326 e. The molecule has 0 saturated carbocycles. The second kappa shape index (κ2) is 9.44. The Bertz CT molecular complexity index is 1500.